The molecule has 2 nitrogen and oxygen atoms in total. The fraction of sp³-hybridized carbons (Fsp3) is 0.571. The number of rotatable bonds is 1. The molecule has 0 spiro atoms. The highest BCUT2D eigenvalue weighted by molar-refractivity contribution is 5.79. The van der Waals surface area contributed by atoms with Gasteiger partial charge in [-0.15, -0.1) is 0 Å². The molecule has 1 rings (SSSR count). The van der Waals surface area contributed by atoms with E-state index in [1.807, 2.05) is 6.08 Å². The van der Waals surface area contributed by atoms with E-state index >= 15 is 0 Å². The van der Waals surface area contributed by atoms with Crippen molar-refractivity contribution in [3.63, 3.8) is 0 Å². The molecule has 0 atom stereocenters. The maximum Gasteiger partial charge on any atom is 0.315 e. The Morgan fingerprint density at radius 1 is 1.45 bits per heavy atom. The number of amides is 1. The van der Waals surface area contributed by atoms with E-state index in [9.17, 15) is 13.6 Å². The topological polar surface area (TPSA) is 20.3 Å². The van der Waals surface area contributed by atoms with Gasteiger partial charge in [0.2, 0.25) is 0 Å². The SMILES string of the molecule is O=C(C(F)F)N1CC=CCC1. The summed E-state index contributed by atoms with van der Waals surface area (Å²) in [6.07, 6.45) is 1.43. The van der Waals surface area contributed by atoms with Crippen LogP contribution in [0.15, 0.2) is 12.2 Å². The Morgan fingerprint density at radius 2 is 2.18 bits per heavy atom. The van der Waals surface area contributed by atoms with Crippen LogP contribution in [0.25, 0.3) is 0 Å². The van der Waals surface area contributed by atoms with Crippen molar-refractivity contribution in [3.8, 4) is 0 Å². The lowest BCUT2D eigenvalue weighted by atomic mass is 10.2. The van der Waals surface area contributed by atoms with E-state index < -0.39 is 12.3 Å². The molecule has 1 amide bonds. The largest absolute Gasteiger partial charge is 0.334 e. The number of alkyl halides is 2. The predicted molar refractivity (Wildman–Crippen MR) is 36.3 cm³/mol. The van der Waals surface area contributed by atoms with E-state index in [2.05, 4.69) is 0 Å². The van der Waals surface area contributed by atoms with E-state index in [1.165, 1.54) is 0 Å². The minimum absolute atomic E-state index is 0.323. The van der Waals surface area contributed by atoms with Gasteiger partial charge in [0.05, 0.1) is 0 Å². The van der Waals surface area contributed by atoms with Crippen molar-refractivity contribution < 1.29 is 13.6 Å². The molecule has 0 unspecified atom stereocenters. The molecule has 0 N–H and O–H groups in total. The van der Waals surface area contributed by atoms with Gasteiger partial charge in [-0.2, -0.15) is 8.78 Å². The highest BCUT2D eigenvalue weighted by Crippen LogP contribution is 2.05. The number of carbonyl (C=O) groups is 1. The third-order valence-corrected chi connectivity index (χ3v) is 1.56. The van der Waals surface area contributed by atoms with Gasteiger partial charge in [0.25, 0.3) is 5.91 Å². The van der Waals surface area contributed by atoms with Gasteiger partial charge in [-0.1, -0.05) is 12.2 Å². The number of nitrogens with zero attached hydrogens (tertiary/aromatic N) is 1. The second-order valence-electron chi connectivity index (χ2n) is 2.35. The standard InChI is InChI=1S/C7H9F2NO/c8-6(9)7(11)10-4-2-1-3-5-10/h1-2,6H,3-5H2. The van der Waals surface area contributed by atoms with Gasteiger partial charge in [-0.05, 0) is 6.42 Å². The Labute approximate surface area is 63.5 Å². The van der Waals surface area contributed by atoms with Crippen LogP contribution in [0.5, 0.6) is 0 Å². The fourth-order valence-corrected chi connectivity index (χ4v) is 0.979. The van der Waals surface area contributed by atoms with Crippen LogP contribution < -0.4 is 0 Å². The molecule has 0 aliphatic carbocycles. The van der Waals surface area contributed by atoms with E-state index in [1.54, 1.807) is 6.08 Å². The smallest absolute Gasteiger partial charge is 0.315 e. The monoisotopic (exact) mass is 161 g/mol. The second kappa shape index (κ2) is 3.46. The third-order valence-electron chi connectivity index (χ3n) is 1.56. The van der Waals surface area contributed by atoms with Gasteiger partial charge >= 0.3 is 6.43 Å². The quantitative estimate of drug-likeness (QED) is 0.526. The second-order valence-corrected chi connectivity index (χ2v) is 2.35. The summed E-state index contributed by atoms with van der Waals surface area (Å²) >= 11 is 0. The molecule has 0 saturated heterocycles. The van der Waals surface area contributed by atoms with Crippen molar-refractivity contribution in [1.29, 1.82) is 0 Å². The van der Waals surface area contributed by atoms with Gasteiger partial charge < -0.3 is 4.90 Å². The summed E-state index contributed by atoms with van der Waals surface area (Å²) < 4.78 is 23.6. The molecule has 1 aliphatic heterocycles. The Kier molecular flexibility index (Phi) is 2.57. The van der Waals surface area contributed by atoms with Crippen molar-refractivity contribution in [2.45, 2.75) is 12.8 Å². The van der Waals surface area contributed by atoms with Crippen LogP contribution in [-0.2, 0) is 4.79 Å². The minimum Gasteiger partial charge on any atom is -0.334 e. The maximum atomic E-state index is 11.8. The first-order valence-corrected chi connectivity index (χ1v) is 3.44. The molecule has 1 aliphatic rings. The molecule has 0 aromatic heterocycles. The molecule has 62 valence electrons. The van der Waals surface area contributed by atoms with Gasteiger partial charge in [0.15, 0.2) is 0 Å². The van der Waals surface area contributed by atoms with Crippen molar-refractivity contribution in [1.82, 2.24) is 4.90 Å². The summed E-state index contributed by atoms with van der Waals surface area (Å²) in [6, 6.07) is 0. The molecular weight excluding hydrogens is 152 g/mol. The van der Waals surface area contributed by atoms with Crippen LogP contribution in [0.2, 0.25) is 0 Å². The van der Waals surface area contributed by atoms with Crippen molar-refractivity contribution >= 4 is 5.91 Å². The molecule has 0 radical (unpaired) electrons. The first-order valence-electron chi connectivity index (χ1n) is 3.44. The number of hydrogen-bond donors (Lipinski definition) is 0. The summed E-state index contributed by atoms with van der Waals surface area (Å²) in [5, 5.41) is 0. The lowest BCUT2D eigenvalue weighted by molar-refractivity contribution is -0.142. The summed E-state index contributed by atoms with van der Waals surface area (Å²) in [7, 11) is 0. The summed E-state index contributed by atoms with van der Waals surface area (Å²) in [4.78, 5) is 11.8. The highest BCUT2D eigenvalue weighted by Gasteiger charge is 2.22. The van der Waals surface area contributed by atoms with Crippen LogP contribution in [0.1, 0.15) is 6.42 Å². The third kappa shape index (κ3) is 2.00. The average Bonchev–Trinajstić information content (AvgIpc) is 2.05. The first-order chi connectivity index (χ1) is 5.22. The Morgan fingerprint density at radius 3 is 2.64 bits per heavy atom. The molecule has 0 fully saturated rings. The van der Waals surface area contributed by atoms with E-state index in [-0.39, 0.29) is 0 Å². The van der Waals surface area contributed by atoms with Gasteiger partial charge in [-0.25, -0.2) is 0 Å². The molecule has 4 heteroatoms. The van der Waals surface area contributed by atoms with Crippen LogP contribution in [0, 0.1) is 0 Å². The molecule has 1 heterocycles. The van der Waals surface area contributed by atoms with Crippen molar-refractivity contribution in [2.24, 2.45) is 0 Å². The lowest BCUT2D eigenvalue weighted by Crippen LogP contribution is -2.37. The predicted octanol–water partition coefficient (Wildman–Crippen LogP) is 1.04. The van der Waals surface area contributed by atoms with E-state index in [0.717, 1.165) is 4.90 Å². The zero-order valence-electron chi connectivity index (χ0n) is 5.96. The molecule has 0 aromatic rings. The molecule has 11 heavy (non-hydrogen) atoms. The number of halogens is 2. The van der Waals surface area contributed by atoms with E-state index in [0.29, 0.717) is 19.5 Å². The maximum absolute atomic E-state index is 11.8. The summed E-state index contributed by atoms with van der Waals surface area (Å²) in [5.74, 6) is -1.06. The number of hydrogen-bond acceptors (Lipinski definition) is 1. The summed E-state index contributed by atoms with van der Waals surface area (Å²) in [6.45, 7) is 0.739. The lowest BCUT2D eigenvalue weighted by Gasteiger charge is -2.22. The Bertz CT molecular complexity index is 179. The normalized spacial score (nSPS) is 17.5. The highest BCUT2D eigenvalue weighted by atomic mass is 19.3. The zero-order valence-corrected chi connectivity index (χ0v) is 5.96. The number of carbonyl (C=O) groups excluding carboxylic acids is 1. The van der Waals surface area contributed by atoms with Crippen LogP contribution in [0.4, 0.5) is 8.78 Å². The minimum atomic E-state index is -2.86. The zero-order chi connectivity index (χ0) is 8.27. The molecule has 0 saturated carbocycles. The summed E-state index contributed by atoms with van der Waals surface area (Å²) in [5.41, 5.74) is 0. The average molecular weight is 161 g/mol. The van der Waals surface area contributed by atoms with Crippen LogP contribution >= 0.6 is 0 Å². The van der Waals surface area contributed by atoms with Gasteiger partial charge in [0, 0.05) is 13.1 Å². The van der Waals surface area contributed by atoms with Crippen LogP contribution in [0.3, 0.4) is 0 Å². The van der Waals surface area contributed by atoms with Gasteiger partial charge in [-0.3, -0.25) is 4.79 Å². The molecular formula is C7H9F2NO. The fourth-order valence-electron chi connectivity index (χ4n) is 0.979. The first kappa shape index (κ1) is 8.17. The molecule has 0 bridgehead atoms. The van der Waals surface area contributed by atoms with Crippen LogP contribution in [-0.4, -0.2) is 30.3 Å². The molecule has 0 aromatic carbocycles. The van der Waals surface area contributed by atoms with E-state index in [4.69, 9.17) is 0 Å². The van der Waals surface area contributed by atoms with Crippen molar-refractivity contribution in [2.75, 3.05) is 13.1 Å². The Balaban J connectivity index is 2.47. The van der Waals surface area contributed by atoms with Gasteiger partial charge in [0.1, 0.15) is 0 Å². The Hall–Kier alpha value is -0.930. The van der Waals surface area contributed by atoms with Crippen molar-refractivity contribution in [3.05, 3.63) is 12.2 Å².